The van der Waals surface area contributed by atoms with Crippen LogP contribution in [0.15, 0.2) is 12.1 Å². The fourth-order valence-electron chi connectivity index (χ4n) is 1.25. The van der Waals surface area contributed by atoms with Gasteiger partial charge in [-0.25, -0.2) is 4.39 Å². The number of halogens is 3. The van der Waals surface area contributed by atoms with Crippen LogP contribution in [-0.4, -0.2) is 19.6 Å². The van der Waals surface area contributed by atoms with Crippen LogP contribution in [0.5, 0.6) is 0 Å². The van der Waals surface area contributed by atoms with Crippen LogP contribution in [0, 0.1) is 11.7 Å². The first-order chi connectivity index (χ1) is 7.95. The molecule has 0 aromatic heterocycles. The Morgan fingerprint density at radius 1 is 1.47 bits per heavy atom. The number of hydrogen-bond acceptors (Lipinski definition) is 3. The Labute approximate surface area is 109 Å². The highest BCUT2D eigenvalue weighted by Gasteiger charge is 2.15. The molecule has 0 spiro atoms. The highest BCUT2D eigenvalue weighted by molar-refractivity contribution is 6.39. The Morgan fingerprint density at radius 3 is 2.47 bits per heavy atom. The molecule has 94 valence electrons. The van der Waals surface area contributed by atoms with E-state index in [9.17, 15) is 9.18 Å². The van der Waals surface area contributed by atoms with Crippen molar-refractivity contribution in [2.45, 2.75) is 6.92 Å². The molecule has 0 aliphatic carbocycles. The molecular weight excluding hydrogens is 268 g/mol. The molecular formula is C11H12Cl2FNO2. The summed E-state index contributed by atoms with van der Waals surface area (Å²) in [4.78, 5) is 11.2. The number of hydrogen-bond donors (Lipinski definition) is 1. The van der Waals surface area contributed by atoms with Crippen LogP contribution in [0.25, 0.3) is 0 Å². The van der Waals surface area contributed by atoms with Crippen molar-refractivity contribution in [2.24, 2.45) is 5.92 Å². The Balaban J connectivity index is 2.73. The van der Waals surface area contributed by atoms with Crippen molar-refractivity contribution in [3.8, 4) is 0 Å². The molecule has 0 aliphatic rings. The van der Waals surface area contributed by atoms with Crippen molar-refractivity contribution in [3.63, 3.8) is 0 Å². The summed E-state index contributed by atoms with van der Waals surface area (Å²) in [6, 6.07) is 2.30. The van der Waals surface area contributed by atoms with Gasteiger partial charge in [0.15, 0.2) is 0 Å². The van der Waals surface area contributed by atoms with E-state index in [-0.39, 0.29) is 21.9 Å². The van der Waals surface area contributed by atoms with Crippen molar-refractivity contribution in [1.82, 2.24) is 0 Å². The zero-order valence-electron chi connectivity index (χ0n) is 9.39. The topological polar surface area (TPSA) is 38.3 Å². The van der Waals surface area contributed by atoms with Crippen LogP contribution in [0.4, 0.5) is 10.1 Å². The second kappa shape index (κ2) is 6.07. The minimum Gasteiger partial charge on any atom is -0.469 e. The van der Waals surface area contributed by atoms with E-state index in [0.29, 0.717) is 12.2 Å². The number of benzene rings is 1. The van der Waals surface area contributed by atoms with Crippen LogP contribution in [0.1, 0.15) is 6.92 Å². The number of ether oxygens (including phenoxy) is 1. The molecule has 1 rings (SSSR count). The fourth-order valence-corrected chi connectivity index (χ4v) is 1.84. The third-order valence-corrected chi connectivity index (χ3v) is 2.79. The Kier molecular flexibility index (Phi) is 5.02. The smallest absolute Gasteiger partial charge is 0.310 e. The van der Waals surface area contributed by atoms with Gasteiger partial charge in [-0.2, -0.15) is 0 Å². The summed E-state index contributed by atoms with van der Waals surface area (Å²) < 4.78 is 17.5. The Hall–Kier alpha value is -1.00. The van der Waals surface area contributed by atoms with E-state index in [1.165, 1.54) is 7.11 Å². The van der Waals surface area contributed by atoms with E-state index in [2.05, 4.69) is 10.1 Å². The summed E-state index contributed by atoms with van der Waals surface area (Å²) >= 11 is 11.7. The summed E-state index contributed by atoms with van der Waals surface area (Å²) in [5, 5.41) is 3.24. The number of carbonyl (C=O) groups excluding carboxylic acids is 1. The molecule has 6 heteroatoms. The molecule has 0 saturated carbocycles. The van der Waals surface area contributed by atoms with Gasteiger partial charge in [-0.1, -0.05) is 30.1 Å². The summed E-state index contributed by atoms with van der Waals surface area (Å²) in [6.45, 7) is 2.00. The molecule has 1 unspecified atom stereocenters. The lowest BCUT2D eigenvalue weighted by Crippen LogP contribution is -2.21. The highest BCUT2D eigenvalue weighted by Crippen LogP contribution is 2.31. The van der Waals surface area contributed by atoms with Gasteiger partial charge >= 0.3 is 5.97 Å². The molecule has 0 radical (unpaired) electrons. The summed E-state index contributed by atoms with van der Waals surface area (Å²) in [5.74, 6) is -1.20. The van der Waals surface area contributed by atoms with E-state index in [4.69, 9.17) is 23.2 Å². The largest absolute Gasteiger partial charge is 0.469 e. The molecule has 0 amide bonds. The normalized spacial score (nSPS) is 12.1. The zero-order valence-corrected chi connectivity index (χ0v) is 10.9. The average Bonchev–Trinajstić information content (AvgIpc) is 2.26. The molecule has 1 N–H and O–H groups in total. The number of esters is 1. The fraction of sp³-hybridized carbons (Fsp3) is 0.364. The third kappa shape index (κ3) is 3.75. The second-order valence-electron chi connectivity index (χ2n) is 3.55. The van der Waals surface area contributed by atoms with Gasteiger partial charge in [0.25, 0.3) is 0 Å². The molecule has 17 heavy (non-hydrogen) atoms. The molecule has 0 fully saturated rings. The highest BCUT2D eigenvalue weighted by atomic mass is 35.5. The SMILES string of the molecule is COC(=O)C(C)CNc1c(Cl)cc(F)cc1Cl. The minimum absolute atomic E-state index is 0.173. The minimum atomic E-state index is -0.508. The lowest BCUT2D eigenvalue weighted by molar-refractivity contribution is -0.144. The molecule has 0 heterocycles. The molecule has 0 saturated heterocycles. The maximum absolute atomic E-state index is 12.9. The van der Waals surface area contributed by atoms with E-state index in [1.807, 2.05) is 0 Å². The van der Waals surface area contributed by atoms with E-state index in [0.717, 1.165) is 12.1 Å². The molecule has 1 aromatic carbocycles. The van der Waals surface area contributed by atoms with E-state index >= 15 is 0 Å². The maximum atomic E-state index is 12.9. The Bertz CT molecular complexity index is 403. The molecule has 0 aliphatic heterocycles. The van der Waals surface area contributed by atoms with Crippen LogP contribution >= 0.6 is 23.2 Å². The van der Waals surface area contributed by atoms with Crippen LogP contribution in [0.2, 0.25) is 10.0 Å². The summed E-state index contributed by atoms with van der Waals surface area (Å²) in [5.41, 5.74) is 0.408. The number of carbonyl (C=O) groups is 1. The molecule has 0 bridgehead atoms. The zero-order chi connectivity index (χ0) is 13.0. The number of rotatable bonds is 4. The Morgan fingerprint density at radius 2 is 2.00 bits per heavy atom. The predicted octanol–water partition coefficient (Wildman–Crippen LogP) is 3.35. The number of nitrogens with one attached hydrogen (secondary N) is 1. The number of anilines is 1. The van der Waals surface area contributed by atoms with Crippen LogP contribution in [-0.2, 0) is 9.53 Å². The number of methoxy groups -OCH3 is 1. The molecule has 1 atom stereocenters. The van der Waals surface area contributed by atoms with Crippen molar-refractivity contribution < 1.29 is 13.9 Å². The molecule has 1 aromatic rings. The predicted molar refractivity (Wildman–Crippen MR) is 66.1 cm³/mol. The third-order valence-electron chi connectivity index (χ3n) is 2.20. The lowest BCUT2D eigenvalue weighted by Gasteiger charge is -2.14. The quantitative estimate of drug-likeness (QED) is 0.859. The van der Waals surface area contributed by atoms with Crippen molar-refractivity contribution >= 4 is 34.9 Å². The van der Waals surface area contributed by atoms with E-state index in [1.54, 1.807) is 6.92 Å². The van der Waals surface area contributed by atoms with Gasteiger partial charge in [-0.15, -0.1) is 0 Å². The molecule has 3 nitrogen and oxygen atoms in total. The average molecular weight is 280 g/mol. The van der Waals surface area contributed by atoms with Gasteiger partial charge in [-0.05, 0) is 12.1 Å². The van der Waals surface area contributed by atoms with Crippen LogP contribution < -0.4 is 5.32 Å². The van der Waals surface area contributed by atoms with Crippen molar-refractivity contribution in [1.29, 1.82) is 0 Å². The van der Waals surface area contributed by atoms with Gasteiger partial charge in [0, 0.05) is 6.54 Å². The van der Waals surface area contributed by atoms with Gasteiger partial charge in [0.05, 0.1) is 28.8 Å². The lowest BCUT2D eigenvalue weighted by atomic mass is 10.2. The monoisotopic (exact) mass is 279 g/mol. The first-order valence-electron chi connectivity index (χ1n) is 4.92. The summed E-state index contributed by atoms with van der Waals surface area (Å²) in [6.07, 6.45) is 0. The van der Waals surface area contributed by atoms with Gasteiger partial charge in [0.2, 0.25) is 0 Å². The summed E-state index contributed by atoms with van der Waals surface area (Å²) in [7, 11) is 1.32. The van der Waals surface area contributed by atoms with Crippen molar-refractivity contribution in [3.05, 3.63) is 28.0 Å². The standard InChI is InChI=1S/C11H12Cl2FNO2/c1-6(11(16)17-2)5-15-10-8(12)3-7(14)4-9(10)13/h3-4,6,15H,5H2,1-2H3. The second-order valence-corrected chi connectivity index (χ2v) is 4.36. The first kappa shape index (κ1) is 14.1. The van der Waals surface area contributed by atoms with Gasteiger partial charge in [0.1, 0.15) is 5.82 Å². The first-order valence-corrected chi connectivity index (χ1v) is 5.67. The van der Waals surface area contributed by atoms with Gasteiger partial charge < -0.3 is 10.1 Å². The van der Waals surface area contributed by atoms with Gasteiger partial charge in [-0.3, -0.25) is 4.79 Å². The van der Waals surface area contributed by atoms with E-state index < -0.39 is 5.82 Å². The van der Waals surface area contributed by atoms with Crippen molar-refractivity contribution in [2.75, 3.05) is 19.0 Å². The van der Waals surface area contributed by atoms with Crippen LogP contribution in [0.3, 0.4) is 0 Å². The maximum Gasteiger partial charge on any atom is 0.310 e.